The number of carbonyl (C=O) groups excluding carboxylic acids is 1. The highest BCUT2D eigenvalue weighted by Crippen LogP contribution is 2.64. The molecule has 0 radical (unpaired) electrons. The van der Waals surface area contributed by atoms with Crippen LogP contribution in [0.1, 0.15) is 19.8 Å². The van der Waals surface area contributed by atoms with Crippen molar-refractivity contribution in [2.45, 2.75) is 25.4 Å². The molecule has 66 valence electrons. The van der Waals surface area contributed by atoms with E-state index in [1.54, 1.807) is 0 Å². The van der Waals surface area contributed by atoms with Gasteiger partial charge in [-0.3, -0.25) is 4.79 Å². The van der Waals surface area contributed by atoms with Gasteiger partial charge in [-0.2, -0.15) is 0 Å². The fourth-order valence-corrected chi connectivity index (χ4v) is 3.05. The van der Waals surface area contributed by atoms with Gasteiger partial charge in [0.15, 0.2) is 0 Å². The van der Waals surface area contributed by atoms with Gasteiger partial charge in [-0.25, -0.2) is 0 Å². The van der Waals surface area contributed by atoms with Crippen LogP contribution in [-0.4, -0.2) is 24.8 Å². The minimum Gasteiger partial charge on any atom is -0.462 e. The monoisotopic (exact) mass is 168 g/mol. The van der Waals surface area contributed by atoms with Crippen LogP contribution in [0.2, 0.25) is 0 Å². The van der Waals surface area contributed by atoms with Crippen LogP contribution in [-0.2, 0) is 14.3 Å². The Morgan fingerprint density at radius 1 is 1.58 bits per heavy atom. The van der Waals surface area contributed by atoms with Crippen molar-refractivity contribution in [2.24, 2.45) is 11.3 Å². The second-order valence-corrected chi connectivity index (χ2v) is 4.34. The van der Waals surface area contributed by atoms with Crippen LogP contribution in [0.3, 0.4) is 0 Å². The summed E-state index contributed by atoms with van der Waals surface area (Å²) >= 11 is 0. The van der Waals surface area contributed by atoms with E-state index in [9.17, 15) is 4.79 Å². The zero-order chi connectivity index (χ0) is 8.40. The van der Waals surface area contributed by atoms with Gasteiger partial charge >= 0.3 is 5.97 Å². The first kappa shape index (κ1) is 6.89. The van der Waals surface area contributed by atoms with Gasteiger partial charge in [0.2, 0.25) is 0 Å². The van der Waals surface area contributed by atoms with Gasteiger partial charge in [-0.05, 0) is 25.7 Å². The van der Waals surface area contributed by atoms with Crippen molar-refractivity contribution >= 4 is 5.97 Å². The molecule has 0 aromatic carbocycles. The molecule has 12 heavy (non-hydrogen) atoms. The molecule has 0 amide bonds. The lowest BCUT2D eigenvalue weighted by Crippen LogP contribution is -2.61. The van der Waals surface area contributed by atoms with Gasteiger partial charge in [-0.15, -0.1) is 0 Å². The third-order valence-electron chi connectivity index (χ3n) is 3.94. The number of rotatable bonds is 0. The fraction of sp³-hybridized carbons (Fsp3) is 0.889. The second-order valence-electron chi connectivity index (χ2n) is 4.34. The van der Waals surface area contributed by atoms with Crippen LogP contribution >= 0.6 is 0 Å². The SMILES string of the molecule is C[C@@]12C[C@H]3CCO[C@]31COC2=O. The topological polar surface area (TPSA) is 35.5 Å². The lowest BCUT2D eigenvalue weighted by atomic mass is 9.53. The Hall–Kier alpha value is -0.570. The van der Waals surface area contributed by atoms with Crippen molar-refractivity contribution in [3.63, 3.8) is 0 Å². The molecule has 2 saturated heterocycles. The molecule has 0 bridgehead atoms. The van der Waals surface area contributed by atoms with E-state index < -0.39 is 0 Å². The van der Waals surface area contributed by atoms with E-state index in [0.29, 0.717) is 12.5 Å². The predicted molar refractivity (Wildman–Crippen MR) is 40.5 cm³/mol. The largest absolute Gasteiger partial charge is 0.462 e. The Labute approximate surface area is 71.0 Å². The minimum atomic E-state index is -0.311. The van der Waals surface area contributed by atoms with Crippen molar-refractivity contribution in [3.05, 3.63) is 0 Å². The van der Waals surface area contributed by atoms with E-state index in [-0.39, 0.29) is 17.0 Å². The maximum absolute atomic E-state index is 11.4. The molecule has 2 heterocycles. The third kappa shape index (κ3) is 0.454. The quantitative estimate of drug-likeness (QED) is 0.500. The summed E-state index contributed by atoms with van der Waals surface area (Å²) < 4.78 is 10.8. The van der Waals surface area contributed by atoms with Crippen LogP contribution < -0.4 is 0 Å². The summed E-state index contributed by atoms with van der Waals surface area (Å²) in [6.45, 7) is 3.27. The zero-order valence-corrected chi connectivity index (χ0v) is 7.13. The van der Waals surface area contributed by atoms with E-state index >= 15 is 0 Å². The van der Waals surface area contributed by atoms with Crippen molar-refractivity contribution < 1.29 is 14.3 Å². The van der Waals surface area contributed by atoms with Gasteiger partial charge in [0.1, 0.15) is 12.2 Å². The summed E-state index contributed by atoms with van der Waals surface area (Å²) in [7, 11) is 0. The lowest BCUT2D eigenvalue weighted by molar-refractivity contribution is -0.174. The summed E-state index contributed by atoms with van der Waals surface area (Å²) in [5.41, 5.74) is -0.530. The maximum atomic E-state index is 11.4. The molecule has 3 atom stereocenters. The van der Waals surface area contributed by atoms with Crippen LogP contribution in [0.15, 0.2) is 0 Å². The molecule has 3 fully saturated rings. The van der Waals surface area contributed by atoms with Crippen molar-refractivity contribution in [1.82, 2.24) is 0 Å². The van der Waals surface area contributed by atoms with E-state index in [0.717, 1.165) is 19.4 Å². The molecule has 1 saturated carbocycles. The molecule has 1 spiro atoms. The van der Waals surface area contributed by atoms with E-state index in [4.69, 9.17) is 9.47 Å². The number of hydrogen-bond donors (Lipinski definition) is 0. The molecule has 2 aliphatic heterocycles. The molecule has 0 aromatic heterocycles. The first-order valence-electron chi connectivity index (χ1n) is 4.50. The Morgan fingerprint density at radius 3 is 3.08 bits per heavy atom. The Bertz CT molecular complexity index is 262. The average Bonchev–Trinajstić information content (AvgIpc) is 2.46. The summed E-state index contributed by atoms with van der Waals surface area (Å²) in [4.78, 5) is 11.4. The highest BCUT2D eigenvalue weighted by Gasteiger charge is 2.74. The number of hydrogen-bond acceptors (Lipinski definition) is 3. The normalized spacial score (nSPS) is 55.8. The van der Waals surface area contributed by atoms with Gasteiger partial charge in [0, 0.05) is 6.61 Å². The van der Waals surface area contributed by atoms with Crippen LogP contribution in [0, 0.1) is 11.3 Å². The summed E-state index contributed by atoms with van der Waals surface area (Å²) in [5.74, 6) is 0.523. The molecular weight excluding hydrogens is 156 g/mol. The molecule has 0 N–H and O–H groups in total. The van der Waals surface area contributed by atoms with Gasteiger partial charge < -0.3 is 9.47 Å². The first-order valence-corrected chi connectivity index (χ1v) is 4.50. The Morgan fingerprint density at radius 2 is 2.42 bits per heavy atom. The highest BCUT2D eigenvalue weighted by molar-refractivity contribution is 5.82. The smallest absolute Gasteiger partial charge is 0.315 e. The number of esters is 1. The standard InChI is InChI=1S/C9H12O3/c1-8-4-6-2-3-12-9(6,8)5-11-7(8)10/h6H,2-5H2,1H3/t6-,8+,9-/m1/s1. The molecule has 0 aromatic rings. The van der Waals surface area contributed by atoms with Gasteiger partial charge in [0.25, 0.3) is 0 Å². The molecule has 3 nitrogen and oxygen atoms in total. The van der Waals surface area contributed by atoms with Crippen molar-refractivity contribution in [1.29, 1.82) is 0 Å². The Kier molecular flexibility index (Phi) is 0.971. The van der Waals surface area contributed by atoms with Gasteiger partial charge in [0.05, 0.1) is 5.41 Å². The summed E-state index contributed by atoms with van der Waals surface area (Å²) in [6.07, 6.45) is 2.07. The number of ether oxygens (including phenoxy) is 2. The lowest BCUT2D eigenvalue weighted by Gasteiger charge is -2.50. The summed E-state index contributed by atoms with van der Waals surface area (Å²) in [5, 5.41) is 0. The first-order chi connectivity index (χ1) is 5.69. The van der Waals surface area contributed by atoms with Gasteiger partial charge in [-0.1, -0.05) is 0 Å². The second kappa shape index (κ2) is 1.69. The van der Waals surface area contributed by atoms with E-state index in [2.05, 4.69) is 0 Å². The van der Waals surface area contributed by atoms with Crippen LogP contribution in [0.5, 0.6) is 0 Å². The fourth-order valence-electron chi connectivity index (χ4n) is 3.05. The van der Waals surface area contributed by atoms with Crippen molar-refractivity contribution in [2.75, 3.05) is 13.2 Å². The molecule has 3 aliphatic rings. The molecular formula is C9H12O3. The molecule has 3 rings (SSSR count). The minimum absolute atomic E-state index is 0.0550. The van der Waals surface area contributed by atoms with Crippen molar-refractivity contribution in [3.8, 4) is 0 Å². The molecule has 1 aliphatic carbocycles. The third-order valence-corrected chi connectivity index (χ3v) is 3.94. The molecule has 3 heteroatoms. The van der Waals surface area contributed by atoms with E-state index in [1.807, 2.05) is 6.92 Å². The number of cyclic esters (lactones) is 1. The predicted octanol–water partition coefficient (Wildman–Crippen LogP) is 0.728. The zero-order valence-electron chi connectivity index (χ0n) is 7.13. The summed E-state index contributed by atoms with van der Waals surface area (Å²) in [6, 6.07) is 0. The van der Waals surface area contributed by atoms with Crippen LogP contribution in [0.4, 0.5) is 0 Å². The maximum Gasteiger partial charge on any atom is 0.315 e. The average molecular weight is 168 g/mol. The number of carbonyl (C=O) groups is 1. The molecule has 0 unspecified atom stereocenters. The van der Waals surface area contributed by atoms with Crippen LogP contribution in [0.25, 0.3) is 0 Å². The van der Waals surface area contributed by atoms with E-state index in [1.165, 1.54) is 0 Å². The highest BCUT2D eigenvalue weighted by atomic mass is 16.6. The Balaban J connectivity index is 2.06.